The maximum absolute atomic E-state index is 13.3. The van der Waals surface area contributed by atoms with Crippen LogP contribution in [0.3, 0.4) is 0 Å². The van der Waals surface area contributed by atoms with Crippen molar-refractivity contribution in [1.82, 2.24) is 10.2 Å². The normalized spacial score (nSPS) is 24.8. The van der Waals surface area contributed by atoms with Crippen LogP contribution in [0.4, 0.5) is 0 Å². The first kappa shape index (κ1) is 24.6. The molecule has 3 unspecified atom stereocenters. The summed E-state index contributed by atoms with van der Waals surface area (Å²) >= 11 is 1.84. The predicted octanol–water partition coefficient (Wildman–Crippen LogP) is 2.73. The maximum atomic E-state index is 13.3. The van der Waals surface area contributed by atoms with Crippen molar-refractivity contribution in [3.05, 3.63) is 35.9 Å². The number of nitrogens with one attached hydrogen (secondary N) is 1. The third-order valence-electron chi connectivity index (χ3n) is 6.44. The van der Waals surface area contributed by atoms with E-state index in [0.717, 1.165) is 29.9 Å². The summed E-state index contributed by atoms with van der Waals surface area (Å²) in [5.41, 5.74) is 0.986. The number of ether oxygens (including phenoxy) is 1. The lowest BCUT2D eigenvalue weighted by Gasteiger charge is -2.33. The van der Waals surface area contributed by atoms with Gasteiger partial charge in [-0.05, 0) is 62.7 Å². The number of nitrogens with zero attached hydrogens (tertiary/aromatic N) is 1. The van der Waals surface area contributed by atoms with Crippen LogP contribution in [0.25, 0.3) is 0 Å². The van der Waals surface area contributed by atoms with Crippen LogP contribution in [0.1, 0.15) is 45.1 Å². The second kappa shape index (κ2) is 11.2. The van der Waals surface area contributed by atoms with Crippen LogP contribution in [-0.4, -0.2) is 70.6 Å². The van der Waals surface area contributed by atoms with Crippen molar-refractivity contribution in [1.29, 1.82) is 0 Å². The van der Waals surface area contributed by atoms with E-state index in [0.29, 0.717) is 25.8 Å². The monoisotopic (exact) mass is 462 g/mol. The number of carbonyl (C=O) groups excluding carboxylic acids is 2. The predicted molar refractivity (Wildman–Crippen MR) is 125 cm³/mol. The Hall–Kier alpha value is -2.06. The number of esters is 1. The number of likely N-dealkylation sites (tertiary alicyclic amines) is 1. The van der Waals surface area contributed by atoms with E-state index in [9.17, 15) is 19.5 Å². The Kier molecular flexibility index (Phi) is 8.59. The molecule has 2 N–H and O–H groups in total. The minimum atomic E-state index is -0.955. The second-order valence-corrected chi connectivity index (χ2v) is 10.0. The Balaban J connectivity index is 1.68. The third kappa shape index (κ3) is 6.04. The van der Waals surface area contributed by atoms with E-state index in [2.05, 4.69) is 5.32 Å². The first-order valence-electron chi connectivity index (χ1n) is 11.4. The quantitative estimate of drug-likeness (QED) is 0.545. The highest BCUT2D eigenvalue weighted by molar-refractivity contribution is 7.99. The van der Waals surface area contributed by atoms with Gasteiger partial charge in [0.1, 0.15) is 12.1 Å². The number of rotatable bonds is 9. The van der Waals surface area contributed by atoms with Gasteiger partial charge in [-0.1, -0.05) is 30.3 Å². The largest absolute Gasteiger partial charge is 0.480 e. The molecule has 8 heteroatoms. The highest BCUT2D eigenvalue weighted by Gasteiger charge is 2.50. The molecule has 0 bridgehead atoms. The van der Waals surface area contributed by atoms with Gasteiger partial charge in [-0.25, -0.2) is 4.79 Å². The molecule has 1 spiro atoms. The van der Waals surface area contributed by atoms with Gasteiger partial charge in [-0.3, -0.25) is 14.9 Å². The smallest absolute Gasteiger partial charge is 0.326 e. The number of benzene rings is 1. The summed E-state index contributed by atoms with van der Waals surface area (Å²) in [6.07, 6.45) is 3.67. The molecule has 4 atom stereocenters. The van der Waals surface area contributed by atoms with Crippen molar-refractivity contribution in [3.63, 3.8) is 0 Å². The highest BCUT2D eigenvalue weighted by atomic mass is 32.2. The average molecular weight is 463 g/mol. The minimum absolute atomic E-state index is 0.116. The van der Waals surface area contributed by atoms with Crippen molar-refractivity contribution >= 4 is 29.6 Å². The van der Waals surface area contributed by atoms with Crippen LogP contribution in [0.15, 0.2) is 30.3 Å². The van der Waals surface area contributed by atoms with E-state index in [1.54, 1.807) is 13.8 Å². The summed E-state index contributed by atoms with van der Waals surface area (Å²) in [7, 11) is 0. The number of amides is 1. The number of hydrogen-bond donors (Lipinski definition) is 2. The number of aliphatic carboxylic acids is 1. The van der Waals surface area contributed by atoms with Crippen LogP contribution in [-0.2, 0) is 25.5 Å². The van der Waals surface area contributed by atoms with E-state index in [1.807, 2.05) is 42.1 Å². The van der Waals surface area contributed by atoms with Crippen molar-refractivity contribution in [2.24, 2.45) is 5.41 Å². The molecule has 2 saturated heterocycles. The average Bonchev–Trinajstić information content (AvgIpc) is 3.16. The SMILES string of the molecule is CCOC(=O)C(CCc1ccccc1)N[C@@H](C)C(=O)N1CC2(CCCSC2)CC1C(=O)O. The first-order valence-corrected chi connectivity index (χ1v) is 12.6. The van der Waals surface area contributed by atoms with Crippen molar-refractivity contribution in [2.75, 3.05) is 24.7 Å². The van der Waals surface area contributed by atoms with E-state index in [4.69, 9.17) is 4.74 Å². The molecule has 32 heavy (non-hydrogen) atoms. The molecular weight excluding hydrogens is 428 g/mol. The Bertz CT molecular complexity index is 797. The number of carbonyl (C=O) groups is 3. The zero-order valence-corrected chi connectivity index (χ0v) is 19.7. The molecule has 2 fully saturated rings. The van der Waals surface area contributed by atoms with Crippen LogP contribution in [0.5, 0.6) is 0 Å². The number of carboxylic acids is 1. The number of hydrogen-bond acceptors (Lipinski definition) is 6. The highest BCUT2D eigenvalue weighted by Crippen LogP contribution is 2.44. The maximum Gasteiger partial charge on any atom is 0.326 e. The van der Waals surface area contributed by atoms with E-state index in [-0.39, 0.29) is 23.9 Å². The van der Waals surface area contributed by atoms with Crippen molar-refractivity contribution < 1.29 is 24.2 Å². The molecule has 176 valence electrons. The summed E-state index contributed by atoms with van der Waals surface area (Å²) in [5, 5.41) is 12.9. The van der Waals surface area contributed by atoms with E-state index in [1.165, 1.54) is 4.90 Å². The van der Waals surface area contributed by atoms with Gasteiger partial charge in [-0.2, -0.15) is 11.8 Å². The lowest BCUT2D eigenvalue weighted by Crippen LogP contribution is -2.53. The summed E-state index contributed by atoms with van der Waals surface area (Å²) in [6.45, 7) is 4.19. The first-order chi connectivity index (χ1) is 15.3. The molecule has 3 rings (SSSR count). The van der Waals surface area contributed by atoms with Crippen molar-refractivity contribution in [2.45, 2.75) is 64.1 Å². The van der Waals surface area contributed by atoms with Gasteiger partial charge in [0.25, 0.3) is 0 Å². The number of aryl methyl sites for hydroxylation is 1. The fourth-order valence-corrected chi connectivity index (χ4v) is 6.07. The zero-order chi connectivity index (χ0) is 23.1. The molecular formula is C24H34N2O5S. The van der Waals surface area contributed by atoms with Crippen LogP contribution < -0.4 is 5.32 Å². The van der Waals surface area contributed by atoms with Gasteiger partial charge in [0.2, 0.25) is 5.91 Å². The molecule has 7 nitrogen and oxygen atoms in total. The molecule has 0 radical (unpaired) electrons. The summed E-state index contributed by atoms with van der Waals surface area (Å²) < 4.78 is 5.22. The Morgan fingerprint density at radius 3 is 2.69 bits per heavy atom. The Labute approximate surface area is 194 Å². The molecule has 0 saturated carbocycles. The second-order valence-electron chi connectivity index (χ2n) is 8.90. The van der Waals surface area contributed by atoms with Gasteiger partial charge in [0.05, 0.1) is 12.6 Å². The molecule has 0 aromatic heterocycles. The molecule has 1 aromatic carbocycles. The Morgan fingerprint density at radius 1 is 1.31 bits per heavy atom. The third-order valence-corrected chi connectivity index (χ3v) is 7.83. The number of thioether (sulfide) groups is 1. The van der Waals surface area contributed by atoms with Gasteiger partial charge >= 0.3 is 11.9 Å². The van der Waals surface area contributed by atoms with E-state index < -0.39 is 24.1 Å². The summed E-state index contributed by atoms with van der Waals surface area (Å²) in [4.78, 5) is 39.3. The Morgan fingerprint density at radius 2 is 2.06 bits per heavy atom. The zero-order valence-electron chi connectivity index (χ0n) is 18.9. The molecule has 1 amide bonds. The van der Waals surface area contributed by atoms with Crippen LogP contribution in [0, 0.1) is 5.41 Å². The fraction of sp³-hybridized carbons (Fsp3) is 0.625. The van der Waals surface area contributed by atoms with E-state index >= 15 is 0 Å². The molecule has 2 aliphatic heterocycles. The van der Waals surface area contributed by atoms with Gasteiger partial charge in [0, 0.05) is 12.3 Å². The molecule has 2 heterocycles. The molecule has 1 aromatic rings. The lowest BCUT2D eigenvalue weighted by atomic mass is 9.83. The van der Waals surface area contributed by atoms with Gasteiger partial charge in [0.15, 0.2) is 0 Å². The van der Waals surface area contributed by atoms with Crippen molar-refractivity contribution in [3.8, 4) is 0 Å². The summed E-state index contributed by atoms with van der Waals surface area (Å²) in [6, 6.07) is 7.71. The molecule has 2 aliphatic rings. The minimum Gasteiger partial charge on any atom is -0.480 e. The standard InChI is InChI=1S/C24H34N2O5S/c1-3-31-23(30)19(11-10-18-8-5-4-6-9-18)25-17(2)21(27)26-15-24(12-7-13-32-16-24)14-20(26)22(28)29/h4-6,8-9,17,19-20,25H,3,7,10-16H2,1-2H3,(H,28,29)/t17-,19?,20?,24?/m0/s1. The van der Waals surface area contributed by atoms with Gasteiger partial charge in [-0.15, -0.1) is 0 Å². The topological polar surface area (TPSA) is 95.9 Å². The van der Waals surface area contributed by atoms with Gasteiger partial charge < -0.3 is 14.7 Å². The summed E-state index contributed by atoms with van der Waals surface area (Å²) in [5.74, 6) is 0.376. The lowest BCUT2D eigenvalue weighted by molar-refractivity contribution is -0.150. The van der Waals surface area contributed by atoms with Crippen LogP contribution >= 0.6 is 11.8 Å². The molecule has 0 aliphatic carbocycles. The van der Waals surface area contributed by atoms with Crippen LogP contribution in [0.2, 0.25) is 0 Å². The number of carboxylic acid groups (broad SMARTS) is 1. The fourth-order valence-electron chi connectivity index (χ4n) is 4.79.